The Kier molecular flexibility index (Phi) is 3.25. The molecule has 2 aliphatic rings. The molecule has 100 valence electrons. The van der Waals surface area contributed by atoms with Crippen molar-refractivity contribution >= 4 is 0 Å². The number of aliphatic hydroxyl groups excluding tert-OH is 1. The van der Waals surface area contributed by atoms with E-state index in [2.05, 4.69) is 0 Å². The summed E-state index contributed by atoms with van der Waals surface area (Å²) in [6, 6.07) is 0. The first-order chi connectivity index (χ1) is 7.86. The normalized spacial score (nSPS) is 45.9. The molecular weight excluding hydrogens is 224 g/mol. The molecule has 5 heteroatoms. The summed E-state index contributed by atoms with van der Waals surface area (Å²) >= 11 is 0. The van der Waals surface area contributed by atoms with Crippen LogP contribution in [0.3, 0.4) is 0 Å². The monoisotopic (exact) mass is 246 g/mol. The standard InChI is InChI=1S/C12H22O5/c1-6-12(7(2)13)9(14-5)8-10(17-12)16-11(3,4)15-8/h7-10,13H,6H2,1-5H3/t7-,8+,9-,10-,12-/m0/s1. The van der Waals surface area contributed by atoms with Gasteiger partial charge in [0, 0.05) is 7.11 Å². The fourth-order valence-electron chi connectivity index (χ4n) is 2.86. The smallest absolute Gasteiger partial charge is 0.190 e. The molecule has 2 fully saturated rings. The van der Waals surface area contributed by atoms with Gasteiger partial charge in [0.25, 0.3) is 0 Å². The minimum atomic E-state index is -0.749. The molecule has 17 heavy (non-hydrogen) atoms. The van der Waals surface area contributed by atoms with E-state index < -0.39 is 23.8 Å². The summed E-state index contributed by atoms with van der Waals surface area (Å²) in [7, 11) is 1.61. The highest BCUT2D eigenvalue weighted by atomic mass is 16.8. The zero-order chi connectivity index (χ0) is 12.8. The van der Waals surface area contributed by atoms with E-state index in [1.807, 2.05) is 20.8 Å². The number of methoxy groups -OCH3 is 1. The number of aliphatic hydroxyl groups is 1. The van der Waals surface area contributed by atoms with Gasteiger partial charge < -0.3 is 24.1 Å². The van der Waals surface area contributed by atoms with Crippen LogP contribution in [0.5, 0.6) is 0 Å². The van der Waals surface area contributed by atoms with Gasteiger partial charge in [-0.15, -0.1) is 0 Å². The first-order valence-electron chi connectivity index (χ1n) is 6.10. The SMILES string of the molecule is CC[C@@]1([C@H](C)O)O[C@@H]2OC(C)(C)O[C@@H]2[C@@H]1OC. The molecule has 2 aliphatic heterocycles. The molecule has 0 saturated carbocycles. The van der Waals surface area contributed by atoms with E-state index in [1.54, 1.807) is 14.0 Å². The van der Waals surface area contributed by atoms with Crippen LogP contribution < -0.4 is 0 Å². The van der Waals surface area contributed by atoms with E-state index in [0.717, 1.165) is 0 Å². The number of fused-ring (bicyclic) bond motifs is 1. The molecule has 0 aliphatic carbocycles. The van der Waals surface area contributed by atoms with Crippen LogP contribution in [0.15, 0.2) is 0 Å². The molecule has 0 amide bonds. The molecule has 0 aromatic rings. The maximum Gasteiger partial charge on any atom is 0.190 e. The van der Waals surface area contributed by atoms with E-state index in [9.17, 15) is 5.11 Å². The highest BCUT2D eigenvalue weighted by Gasteiger charge is 2.63. The first-order valence-corrected chi connectivity index (χ1v) is 6.10. The van der Waals surface area contributed by atoms with Gasteiger partial charge in [-0.25, -0.2) is 0 Å². The molecule has 0 bridgehead atoms. The Bertz CT molecular complexity index is 291. The predicted molar refractivity (Wildman–Crippen MR) is 60.4 cm³/mol. The van der Waals surface area contributed by atoms with E-state index in [0.29, 0.717) is 6.42 Å². The summed E-state index contributed by atoms with van der Waals surface area (Å²) in [6.45, 7) is 7.36. The average Bonchev–Trinajstić information content (AvgIpc) is 2.66. The minimum absolute atomic E-state index is 0.287. The van der Waals surface area contributed by atoms with Gasteiger partial charge in [-0.2, -0.15) is 0 Å². The van der Waals surface area contributed by atoms with Crippen molar-refractivity contribution in [1.82, 2.24) is 0 Å². The van der Waals surface area contributed by atoms with Crippen molar-refractivity contribution in [3.05, 3.63) is 0 Å². The van der Waals surface area contributed by atoms with Gasteiger partial charge in [-0.3, -0.25) is 0 Å². The lowest BCUT2D eigenvalue weighted by molar-refractivity contribution is -0.259. The Morgan fingerprint density at radius 3 is 2.41 bits per heavy atom. The van der Waals surface area contributed by atoms with Crippen LogP contribution in [0.25, 0.3) is 0 Å². The highest BCUT2D eigenvalue weighted by molar-refractivity contribution is 5.06. The van der Waals surface area contributed by atoms with Gasteiger partial charge in [0.1, 0.15) is 17.8 Å². The molecule has 0 unspecified atom stereocenters. The molecule has 0 aromatic carbocycles. The first kappa shape index (κ1) is 13.2. The van der Waals surface area contributed by atoms with E-state index in [-0.39, 0.29) is 12.2 Å². The number of ether oxygens (including phenoxy) is 4. The van der Waals surface area contributed by atoms with Gasteiger partial charge in [0.2, 0.25) is 0 Å². The third-order valence-corrected chi connectivity index (χ3v) is 3.72. The quantitative estimate of drug-likeness (QED) is 0.806. The molecule has 0 radical (unpaired) electrons. The second-order valence-electron chi connectivity index (χ2n) is 5.23. The van der Waals surface area contributed by atoms with Crippen molar-refractivity contribution in [3.63, 3.8) is 0 Å². The predicted octanol–water partition coefficient (Wildman–Crippen LogP) is 1.04. The second-order valence-corrected chi connectivity index (χ2v) is 5.23. The zero-order valence-corrected chi connectivity index (χ0v) is 11.1. The molecule has 2 rings (SSSR count). The van der Waals surface area contributed by atoms with Crippen LogP contribution in [0.1, 0.15) is 34.1 Å². The third kappa shape index (κ3) is 1.90. The minimum Gasteiger partial charge on any atom is -0.390 e. The molecular formula is C12H22O5. The van der Waals surface area contributed by atoms with Crippen molar-refractivity contribution in [2.75, 3.05) is 7.11 Å². The summed E-state index contributed by atoms with van der Waals surface area (Å²) in [4.78, 5) is 0. The van der Waals surface area contributed by atoms with Gasteiger partial charge in [-0.05, 0) is 27.2 Å². The highest BCUT2D eigenvalue weighted by Crippen LogP contribution is 2.46. The molecule has 0 spiro atoms. The van der Waals surface area contributed by atoms with Gasteiger partial charge in [0.05, 0.1) is 6.10 Å². The molecule has 2 saturated heterocycles. The molecule has 5 nitrogen and oxygen atoms in total. The zero-order valence-electron chi connectivity index (χ0n) is 11.1. The maximum atomic E-state index is 9.97. The molecule has 5 atom stereocenters. The number of hydrogen-bond donors (Lipinski definition) is 1. The Morgan fingerprint density at radius 2 is 1.94 bits per heavy atom. The van der Waals surface area contributed by atoms with Crippen LogP contribution in [0.2, 0.25) is 0 Å². The number of rotatable bonds is 3. The molecule has 0 aromatic heterocycles. The maximum absolute atomic E-state index is 9.97. The van der Waals surface area contributed by atoms with Gasteiger partial charge >= 0.3 is 0 Å². The Balaban J connectivity index is 2.26. The van der Waals surface area contributed by atoms with Crippen molar-refractivity contribution in [2.24, 2.45) is 0 Å². The second kappa shape index (κ2) is 4.17. The Hall–Kier alpha value is -0.200. The van der Waals surface area contributed by atoms with E-state index in [4.69, 9.17) is 18.9 Å². The lowest BCUT2D eigenvalue weighted by Crippen LogP contribution is -2.52. The van der Waals surface area contributed by atoms with Gasteiger partial charge in [-0.1, -0.05) is 6.92 Å². The topological polar surface area (TPSA) is 57.2 Å². The van der Waals surface area contributed by atoms with Crippen molar-refractivity contribution in [1.29, 1.82) is 0 Å². The van der Waals surface area contributed by atoms with Crippen molar-refractivity contribution in [3.8, 4) is 0 Å². The Labute approximate surface area is 102 Å². The van der Waals surface area contributed by atoms with Crippen LogP contribution in [-0.2, 0) is 18.9 Å². The summed E-state index contributed by atoms with van der Waals surface area (Å²) in [5.74, 6) is -0.662. The molecule has 2 heterocycles. The fraction of sp³-hybridized carbons (Fsp3) is 1.00. The summed E-state index contributed by atoms with van der Waals surface area (Å²) in [5, 5.41) is 9.97. The summed E-state index contributed by atoms with van der Waals surface area (Å²) in [5.41, 5.74) is -0.749. The van der Waals surface area contributed by atoms with E-state index >= 15 is 0 Å². The van der Waals surface area contributed by atoms with Crippen molar-refractivity contribution in [2.45, 2.75) is 70.1 Å². The summed E-state index contributed by atoms with van der Waals surface area (Å²) in [6.07, 6.45) is -1.07. The van der Waals surface area contributed by atoms with Gasteiger partial charge in [0.15, 0.2) is 12.1 Å². The Morgan fingerprint density at radius 1 is 1.29 bits per heavy atom. The van der Waals surface area contributed by atoms with Crippen LogP contribution in [0, 0.1) is 0 Å². The van der Waals surface area contributed by atoms with Crippen LogP contribution in [0.4, 0.5) is 0 Å². The van der Waals surface area contributed by atoms with Crippen molar-refractivity contribution < 1.29 is 24.1 Å². The fourth-order valence-corrected chi connectivity index (χ4v) is 2.86. The lowest BCUT2D eigenvalue weighted by Gasteiger charge is -2.37. The number of hydrogen-bond acceptors (Lipinski definition) is 5. The summed E-state index contributed by atoms with van der Waals surface area (Å²) < 4.78 is 22.9. The van der Waals surface area contributed by atoms with Crippen LogP contribution in [-0.4, -0.2) is 48.2 Å². The average molecular weight is 246 g/mol. The molecule has 1 N–H and O–H groups in total. The van der Waals surface area contributed by atoms with Crippen LogP contribution >= 0.6 is 0 Å². The third-order valence-electron chi connectivity index (χ3n) is 3.72. The van der Waals surface area contributed by atoms with E-state index in [1.165, 1.54) is 0 Å². The lowest BCUT2D eigenvalue weighted by atomic mass is 9.87. The largest absolute Gasteiger partial charge is 0.390 e.